The zero-order valence-corrected chi connectivity index (χ0v) is 15.3. The first-order chi connectivity index (χ1) is 12.0. The molecule has 2 saturated heterocycles. The minimum Gasteiger partial charge on any atom is -0.462 e. The van der Waals surface area contributed by atoms with E-state index in [4.69, 9.17) is 14.2 Å². The molecule has 1 spiro atoms. The van der Waals surface area contributed by atoms with Crippen LogP contribution in [0.4, 0.5) is 0 Å². The van der Waals surface area contributed by atoms with Gasteiger partial charge < -0.3 is 14.2 Å². The highest BCUT2D eigenvalue weighted by atomic mass is 16.6. The van der Waals surface area contributed by atoms with E-state index in [1.807, 2.05) is 0 Å². The van der Waals surface area contributed by atoms with Crippen molar-refractivity contribution in [3.63, 3.8) is 0 Å². The molecule has 0 radical (unpaired) electrons. The molecule has 136 valence electrons. The Morgan fingerprint density at radius 3 is 2.76 bits per heavy atom. The van der Waals surface area contributed by atoms with Gasteiger partial charge in [-0.2, -0.15) is 0 Å². The van der Waals surface area contributed by atoms with Gasteiger partial charge in [-0.05, 0) is 67.3 Å². The lowest BCUT2D eigenvalue weighted by Crippen LogP contribution is -2.57. The molecule has 0 aromatic heterocycles. The molecule has 8 atom stereocenters. The highest BCUT2D eigenvalue weighted by molar-refractivity contribution is 5.84. The van der Waals surface area contributed by atoms with Crippen molar-refractivity contribution in [3.8, 4) is 0 Å². The lowest BCUT2D eigenvalue weighted by Gasteiger charge is -2.57. The first kappa shape index (κ1) is 15.2. The van der Waals surface area contributed by atoms with Crippen LogP contribution in [0.5, 0.6) is 0 Å². The van der Waals surface area contributed by atoms with Crippen LogP contribution in [0.25, 0.3) is 0 Å². The molecule has 6 rings (SSSR count). The van der Waals surface area contributed by atoms with Crippen molar-refractivity contribution in [3.05, 3.63) is 11.6 Å². The van der Waals surface area contributed by atoms with Crippen LogP contribution in [0.1, 0.15) is 52.4 Å². The van der Waals surface area contributed by atoms with Crippen LogP contribution in [0.2, 0.25) is 0 Å². The number of ether oxygens (including phenoxy) is 3. The average Bonchev–Trinajstić information content (AvgIpc) is 3.13. The van der Waals surface area contributed by atoms with Crippen molar-refractivity contribution in [1.82, 2.24) is 0 Å². The Kier molecular flexibility index (Phi) is 2.74. The van der Waals surface area contributed by atoms with Crippen LogP contribution in [0.3, 0.4) is 0 Å². The molecule has 3 heterocycles. The van der Waals surface area contributed by atoms with Crippen LogP contribution in [-0.4, -0.2) is 37.0 Å². The standard InChI is InChI=1S/C21H28O4/c1-19-11-23-15(22)10-14(19)17-18(25-17)16-12(19)4-7-20(2)13(16)5-8-21(20)6-3-9-24-21/h10,12-13,16-18H,3-9,11H2,1-2H3/t12-,13-,16+,17+,18-,19+,20-,21-/m0/s1. The Morgan fingerprint density at radius 2 is 1.96 bits per heavy atom. The van der Waals surface area contributed by atoms with Gasteiger partial charge in [-0.15, -0.1) is 0 Å². The molecule has 0 amide bonds. The number of epoxide rings is 1. The second kappa shape index (κ2) is 4.51. The summed E-state index contributed by atoms with van der Waals surface area (Å²) in [7, 11) is 0. The van der Waals surface area contributed by atoms with E-state index >= 15 is 0 Å². The minimum atomic E-state index is -0.181. The van der Waals surface area contributed by atoms with Gasteiger partial charge >= 0.3 is 5.97 Å². The Morgan fingerprint density at radius 1 is 1.12 bits per heavy atom. The summed E-state index contributed by atoms with van der Waals surface area (Å²) in [5.74, 6) is 1.69. The van der Waals surface area contributed by atoms with Crippen molar-refractivity contribution >= 4 is 5.97 Å². The normalized spacial score (nSPS) is 58.7. The lowest BCUT2D eigenvalue weighted by molar-refractivity contribution is -0.154. The lowest BCUT2D eigenvalue weighted by atomic mass is 9.47. The van der Waals surface area contributed by atoms with Gasteiger partial charge in [0.1, 0.15) is 12.7 Å². The van der Waals surface area contributed by atoms with Gasteiger partial charge in [0.15, 0.2) is 0 Å². The minimum absolute atomic E-state index is 0.0239. The predicted molar refractivity (Wildman–Crippen MR) is 90.8 cm³/mol. The van der Waals surface area contributed by atoms with Crippen molar-refractivity contribution in [2.45, 2.75) is 70.2 Å². The summed E-state index contributed by atoms with van der Waals surface area (Å²) in [6.45, 7) is 6.31. The first-order valence-electron chi connectivity index (χ1n) is 10.2. The number of cyclic esters (lactones) is 1. The van der Waals surface area contributed by atoms with Crippen molar-refractivity contribution in [1.29, 1.82) is 0 Å². The van der Waals surface area contributed by atoms with Crippen LogP contribution in [-0.2, 0) is 19.0 Å². The molecule has 0 aromatic rings. The fourth-order valence-corrected chi connectivity index (χ4v) is 7.87. The highest BCUT2D eigenvalue weighted by Gasteiger charge is 2.72. The zero-order valence-electron chi connectivity index (χ0n) is 15.3. The predicted octanol–water partition coefficient (Wildman–Crippen LogP) is 3.25. The second-order valence-electron chi connectivity index (χ2n) is 9.88. The van der Waals surface area contributed by atoms with E-state index in [1.54, 1.807) is 6.08 Å². The van der Waals surface area contributed by atoms with Crippen LogP contribution in [0, 0.1) is 28.6 Å². The topological polar surface area (TPSA) is 48.1 Å². The molecule has 0 N–H and O–H groups in total. The molecule has 0 unspecified atom stereocenters. The van der Waals surface area contributed by atoms with Gasteiger partial charge in [-0.3, -0.25) is 0 Å². The number of rotatable bonds is 0. The Labute approximate surface area is 149 Å². The number of carbonyl (C=O) groups is 1. The third-order valence-corrected chi connectivity index (χ3v) is 9.20. The molecular formula is C21H28O4. The average molecular weight is 344 g/mol. The molecule has 4 nitrogen and oxygen atoms in total. The van der Waals surface area contributed by atoms with Gasteiger partial charge in [-0.25, -0.2) is 4.79 Å². The molecule has 3 aliphatic heterocycles. The molecular weight excluding hydrogens is 316 g/mol. The number of fused-ring (bicyclic) bond motifs is 9. The van der Waals surface area contributed by atoms with Gasteiger partial charge in [0.25, 0.3) is 0 Å². The number of hydrogen-bond acceptors (Lipinski definition) is 4. The molecule has 3 aliphatic carbocycles. The molecule has 0 aromatic carbocycles. The van der Waals surface area contributed by atoms with E-state index < -0.39 is 0 Å². The monoisotopic (exact) mass is 344 g/mol. The number of hydrogen-bond donors (Lipinski definition) is 0. The summed E-state index contributed by atoms with van der Waals surface area (Å²) in [4.78, 5) is 11.8. The maximum absolute atomic E-state index is 11.8. The maximum Gasteiger partial charge on any atom is 0.330 e. The van der Waals surface area contributed by atoms with Gasteiger partial charge in [0.2, 0.25) is 0 Å². The molecule has 25 heavy (non-hydrogen) atoms. The van der Waals surface area contributed by atoms with Crippen LogP contribution >= 0.6 is 0 Å². The molecule has 4 heteroatoms. The summed E-state index contributed by atoms with van der Waals surface area (Å²) in [5.41, 5.74) is 1.63. The highest BCUT2D eigenvalue weighted by Crippen LogP contribution is 2.71. The summed E-state index contributed by atoms with van der Waals surface area (Å²) < 4.78 is 18.1. The third-order valence-electron chi connectivity index (χ3n) is 9.20. The van der Waals surface area contributed by atoms with Gasteiger partial charge in [-0.1, -0.05) is 13.8 Å². The Hall–Kier alpha value is -0.870. The summed E-state index contributed by atoms with van der Waals surface area (Å²) in [6, 6.07) is 0. The molecule has 6 aliphatic rings. The zero-order chi connectivity index (χ0) is 17.0. The summed E-state index contributed by atoms with van der Waals surface area (Å²) >= 11 is 0. The van der Waals surface area contributed by atoms with E-state index in [0.29, 0.717) is 35.9 Å². The van der Waals surface area contributed by atoms with E-state index in [0.717, 1.165) is 6.61 Å². The van der Waals surface area contributed by atoms with Crippen LogP contribution < -0.4 is 0 Å². The van der Waals surface area contributed by atoms with Crippen molar-refractivity contribution in [2.75, 3.05) is 13.2 Å². The first-order valence-corrected chi connectivity index (χ1v) is 10.2. The van der Waals surface area contributed by atoms with E-state index in [2.05, 4.69) is 13.8 Å². The third kappa shape index (κ3) is 1.65. The smallest absolute Gasteiger partial charge is 0.330 e. The molecule has 3 saturated carbocycles. The van der Waals surface area contributed by atoms with Crippen molar-refractivity contribution < 1.29 is 19.0 Å². The Bertz CT molecular complexity index is 677. The number of carbonyl (C=O) groups excluding carboxylic acids is 1. The van der Waals surface area contributed by atoms with E-state index in [1.165, 1.54) is 44.1 Å². The van der Waals surface area contributed by atoms with Gasteiger partial charge in [0, 0.05) is 18.1 Å². The Balaban J connectivity index is 1.41. The van der Waals surface area contributed by atoms with E-state index in [-0.39, 0.29) is 23.1 Å². The summed E-state index contributed by atoms with van der Waals surface area (Å²) in [5, 5.41) is 0. The van der Waals surface area contributed by atoms with Crippen LogP contribution in [0.15, 0.2) is 11.6 Å². The van der Waals surface area contributed by atoms with E-state index in [9.17, 15) is 4.79 Å². The number of esters is 1. The maximum atomic E-state index is 11.8. The van der Waals surface area contributed by atoms with Gasteiger partial charge in [0.05, 0.1) is 11.7 Å². The quantitative estimate of drug-likeness (QED) is 0.500. The SMILES string of the molecule is C[C@]12COC(=O)C=C1[C@H]1O[C@H]1[C@@H]1[C@@H]2CC[C@@]2(C)[C@H]1CC[C@@]21CCCO1. The largest absolute Gasteiger partial charge is 0.462 e. The second-order valence-corrected chi connectivity index (χ2v) is 9.88. The molecule has 5 fully saturated rings. The summed E-state index contributed by atoms with van der Waals surface area (Å²) in [6.07, 6.45) is 9.66. The van der Waals surface area contributed by atoms with Crippen molar-refractivity contribution in [2.24, 2.45) is 28.6 Å². The molecule has 0 bridgehead atoms. The fourth-order valence-electron chi connectivity index (χ4n) is 7.87. The fraction of sp³-hybridized carbons (Fsp3) is 0.857.